The number of carbonyl (C=O) groups is 2. The van der Waals surface area contributed by atoms with Crippen molar-refractivity contribution in [2.45, 2.75) is 38.6 Å². The van der Waals surface area contributed by atoms with Crippen molar-refractivity contribution in [3.05, 3.63) is 47.3 Å². The maximum Gasteiger partial charge on any atom is 0.243 e. The lowest BCUT2D eigenvalue weighted by atomic mass is 10.2. The van der Waals surface area contributed by atoms with E-state index < -0.39 is 10.0 Å². The number of Topliss-reactive ketones (excluding diaryl/α,β-unsaturated/α-hetero) is 1. The third kappa shape index (κ3) is 4.73. The number of nitrogens with zero attached hydrogens (tertiary/aromatic N) is 4. The van der Waals surface area contributed by atoms with E-state index in [-0.39, 0.29) is 29.7 Å². The smallest absolute Gasteiger partial charge is 0.243 e. The van der Waals surface area contributed by atoms with E-state index in [2.05, 4.69) is 5.10 Å². The maximum atomic E-state index is 12.8. The van der Waals surface area contributed by atoms with E-state index in [1.807, 2.05) is 24.6 Å². The monoisotopic (exact) mass is 418 g/mol. The van der Waals surface area contributed by atoms with Crippen molar-refractivity contribution in [3.63, 3.8) is 0 Å². The van der Waals surface area contributed by atoms with Gasteiger partial charge in [0.25, 0.3) is 0 Å². The average Bonchev–Trinajstić information content (AvgIpc) is 3.03. The van der Waals surface area contributed by atoms with Crippen LogP contribution in [0.4, 0.5) is 0 Å². The lowest BCUT2D eigenvalue weighted by Crippen LogP contribution is -2.50. The molecule has 0 radical (unpaired) electrons. The van der Waals surface area contributed by atoms with E-state index in [0.29, 0.717) is 31.6 Å². The molecule has 0 spiro atoms. The lowest BCUT2D eigenvalue weighted by Gasteiger charge is -2.34. The summed E-state index contributed by atoms with van der Waals surface area (Å²) < 4.78 is 28.9. The number of piperazine rings is 1. The Morgan fingerprint density at radius 3 is 2.17 bits per heavy atom. The number of hydrogen-bond donors (Lipinski definition) is 0. The summed E-state index contributed by atoms with van der Waals surface area (Å²) in [5.41, 5.74) is 2.41. The molecule has 0 bridgehead atoms. The zero-order valence-corrected chi connectivity index (χ0v) is 17.8. The van der Waals surface area contributed by atoms with E-state index in [9.17, 15) is 18.0 Å². The maximum absolute atomic E-state index is 12.8. The first-order chi connectivity index (χ1) is 13.7. The van der Waals surface area contributed by atoms with Gasteiger partial charge in [0.05, 0.1) is 10.6 Å². The fraction of sp³-hybridized carbons (Fsp3) is 0.450. The second-order valence-electron chi connectivity index (χ2n) is 7.27. The topological polar surface area (TPSA) is 92.6 Å². The van der Waals surface area contributed by atoms with Crippen LogP contribution in [-0.4, -0.2) is 65.3 Å². The number of aryl methyl sites for hydroxylation is 3. The number of amides is 1. The fourth-order valence-corrected chi connectivity index (χ4v) is 4.87. The molecule has 1 aliphatic heterocycles. The molecule has 0 aliphatic carbocycles. The molecule has 0 N–H and O–H groups in total. The Bertz CT molecular complexity index is 1000. The molecule has 9 heteroatoms. The number of aromatic nitrogens is 2. The van der Waals surface area contributed by atoms with Gasteiger partial charge in [-0.2, -0.15) is 9.40 Å². The minimum Gasteiger partial charge on any atom is -0.340 e. The average molecular weight is 419 g/mol. The summed E-state index contributed by atoms with van der Waals surface area (Å²) >= 11 is 0. The molecule has 8 nitrogen and oxygen atoms in total. The Morgan fingerprint density at radius 2 is 1.66 bits per heavy atom. The first-order valence-electron chi connectivity index (χ1n) is 9.58. The minimum absolute atomic E-state index is 0.000382. The van der Waals surface area contributed by atoms with Gasteiger partial charge in [-0.15, -0.1) is 0 Å². The highest BCUT2D eigenvalue weighted by Gasteiger charge is 2.30. The number of carbonyl (C=O) groups excluding carboxylic acids is 2. The molecule has 1 aliphatic rings. The Balaban J connectivity index is 1.57. The summed E-state index contributed by atoms with van der Waals surface area (Å²) in [6.45, 7) is 7.05. The highest BCUT2D eigenvalue weighted by Crippen LogP contribution is 2.19. The predicted octanol–water partition coefficient (Wildman–Crippen LogP) is 1.63. The van der Waals surface area contributed by atoms with E-state index in [1.165, 1.54) is 35.5 Å². The van der Waals surface area contributed by atoms with Gasteiger partial charge in [-0.25, -0.2) is 8.42 Å². The summed E-state index contributed by atoms with van der Waals surface area (Å²) in [5.74, 6) is -0.109. The first-order valence-corrected chi connectivity index (χ1v) is 11.0. The molecule has 3 rings (SSSR count). The molecular formula is C20H26N4O4S. The van der Waals surface area contributed by atoms with Crippen LogP contribution in [0.25, 0.3) is 0 Å². The van der Waals surface area contributed by atoms with Crippen molar-refractivity contribution >= 4 is 21.7 Å². The Kier molecular flexibility index (Phi) is 6.18. The number of rotatable bonds is 6. The van der Waals surface area contributed by atoms with Crippen LogP contribution in [-0.2, 0) is 21.4 Å². The third-order valence-corrected chi connectivity index (χ3v) is 7.04. The van der Waals surface area contributed by atoms with Crippen molar-refractivity contribution < 1.29 is 18.0 Å². The molecule has 0 unspecified atom stereocenters. The van der Waals surface area contributed by atoms with Gasteiger partial charge in [-0.05, 0) is 39.0 Å². The van der Waals surface area contributed by atoms with Crippen LogP contribution >= 0.6 is 0 Å². The Labute approximate surface area is 171 Å². The second kappa shape index (κ2) is 8.46. The number of ketones is 1. The summed E-state index contributed by atoms with van der Waals surface area (Å²) in [6.07, 6.45) is 0.335. The molecule has 1 aromatic heterocycles. The van der Waals surface area contributed by atoms with Crippen LogP contribution < -0.4 is 0 Å². The van der Waals surface area contributed by atoms with Gasteiger partial charge in [0, 0.05) is 50.4 Å². The number of benzene rings is 1. The van der Waals surface area contributed by atoms with Gasteiger partial charge in [0.1, 0.15) is 0 Å². The predicted molar refractivity (Wildman–Crippen MR) is 108 cm³/mol. The molecule has 1 fully saturated rings. The van der Waals surface area contributed by atoms with Crippen LogP contribution in [0.2, 0.25) is 0 Å². The Hall–Kier alpha value is -2.52. The van der Waals surface area contributed by atoms with Crippen molar-refractivity contribution in [2.75, 3.05) is 26.2 Å². The van der Waals surface area contributed by atoms with Gasteiger partial charge in [-0.3, -0.25) is 14.3 Å². The normalized spacial score (nSPS) is 15.5. The lowest BCUT2D eigenvalue weighted by molar-refractivity contribution is -0.132. The molecule has 0 saturated carbocycles. The summed E-state index contributed by atoms with van der Waals surface area (Å²) in [6, 6.07) is 7.93. The highest BCUT2D eigenvalue weighted by molar-refractivity contribution is 7.89. The van der Waals surface area contributed by atoms with Gasteiger partial charge >= 0.3 is 0 Å². The molecule has 1 amide bonds. The molecule has 1 aromatic carbocycles. The number of sulfonamides is 1. The van der Waals surface area contributed by atoms with Crippen LogP contribution in [0, 0.1) is 13.8 Å². The van der Waals surface area contributed by atoms with Crippen molar-refractivity contribution in [3.8, 4) is 0 Å². The summed E-state index contributed by atoms with van der Waals surface area (Å²) in [5, 5.41) is 4.36. The largest absolute Gasteiger partial charge is 0.340 e. The van der Waals surface area contributed by atoms with E-state index in [0.717, 1.165) is 11.4 Å². The molecule has 1 saturated heterocycles. The van der Waals surface area contributed by atoms with E-state index in [4.69, 9.17) is 0 Å². The summed E-state index contributed by atoms with van der Waals surface area (Å²) in [4.78, 5) is 25.7. The standard InChI is InChI=1S/C20H26N4O4S/c1-15-14-16(2)24(21-15)9-8-20(26)22-10-12-23(13-11-22)29(27,28)19-6-4-18(5-7-19)17(3)25/h4-7,14H,8-13H2,1-3H3. The SMILES string of the molecule is CC(=O)c1ccc(S(=O)(=O)N2CCN(C(=O)CCn3nc(C)cc3C)CC2)cc1. The van der Waals surface area contributed by atoms with E-state index in [1.54, 1.807) is 4.90 Å². The van der Waals surface area contributed by atoms with Gasteiger partial charge in [0.15, 0.2) is 5.78 Å². The quantitative estimate of drug-likeness (QED) is 0.665. The molecule has 0 atom stereocenters. The minimum atomic E-state index is -3.64. The van der Waals surface area contributed by atoms with Gasteiger partial charge < -0.3 is 4.90 Å². The zero-order valence-electron chi connectivity index (χ0n) is 17.0. The van der Waals surface area contributed by atoms with Crippen molar-refractivity contribution in [2.24, 2.45) is 0 Å². The molecular weight excluding hydrogens is 392 g/mol. The van der Waals surface area contributed by atoms with Gasteiger partial charge in [0.2, 0.25) is 15.9 Å². The number of hydrogen-bond acceptors (Lipinski definition) is 5. The van der Waals surface area contributed by atoms with Crippen LogP contribution in [0.3, 0.4) is 0 Å². The van der Waals surface area contributed by atoms with Crippen molar-refractivity contribution in [1.82, 2.24) is 19.0 Å². The first kappa shape index (κ1) is 21.2. The van der Waals surface area contributed by atoms with Gasteiger partial charge in [-0.1, -0.05) is 12.1 Å². The third-order valence-electron chi connectivity index (χ3n) is 5.13. The van der Waals surface area contributed by atoms with Crippen LogP contribution in [0.5, 0.6) is 0 Å². The summed E-state index contributed by atoms with van der Waals surface area (Å²) in [7, 11) is -3.64. The molecule has 2 aromatic rings. The molecule has 156 valence electrons. The fourth-order valence-electron chi connectivity index (χ4n) is 3.45. The zero-order chi connectivity index (χ0) is 21.2. The Morgan fingerprint density at radius 1 is 1.03 bits per heavy atom. The van der Waals surface area contributed by atoms with Crippen LogP contribution in [0.1, 0.15) is 35.1 Å². The van der Waals surface area contributed by atoms with Crippen molar-refractivity contribution in [1.29, 1.82) is 0 Å². The van der Waals surface area contributed by atoms with E-state index >= 15 is 0 Å². The molecule has 29 heavy (non-hydrogen) atoms. The van der Waals surface area contributed by atoms with Crippen LogP contribution in [0.15, 0.2) is 35.2 Å². The highest BCUT2D eigenvalue weighted by atomic mass is 32.2. The second-order valence-corrected chi connectivity index (χ2v) is 9.20. The molecule has 2 heterocycles.